The molecule has 3 rings (SSSR count). The molecule has 0 fully saturated rings. The van der Waals surface area contributed by atoms with Gasteiger partial charge in [0, 0.05) is 17.7 Å². The highest BCUT2D eigenvalue weighted by atomic mass is 14.9. The van der Waals surface area contributed by atoms with Gasteiger partial charge in [0.05, 0.1) is 0 Å². The summed E-state index contributed by atoms with van der Waals surface area (Å²) in [5.41, 5.74) is 7.77. The Bertz CT molecular complexity index is 831. The first kappa shape index (κ1) is 15.5. The summed E-state index contributed by atoms with van der Waals surface area (Å²) in [7, 11) is 2.11. The van der Waals surface area contributed by atoms with Gasteiger partial charge in [-0.25, -0.2) is 4.57 Å². The van der Waals surface area contributed by atoms with Crippen LogP contribution in [0.4, 0.5) is 0 Å². The largest absolute Gasteiger partial charge is 0.213 e. The zero-order valence-corrected chi connectivity index (χ0v) is 14.4. The third kappa shape index (κ3) is 3.19. The fourth-order valence-corrected chi connectivity index (χ4v) is 2.95. The lowest BCUT2D eigenvalue weighted by Crippen LogP contribution is -2.30. The van der Waals surface area contributed by atoms with Crippen molar-refractivity contribution in [3.8, 4) is 22.4 Å². The van der Waals surface area contributed by atoms with E-state index < -0.39 is 0 Å². The Kier molecular flexibility index (Phi) is 4.29. The minimum atomic E-state index is 0.547. The number of nitrogens with zero attached hydrogens (tertiary/aromatic N) is 1. The van der Waals surface area contributed by atoms with Crippen LogP contribution in [0, 0.1) is 6.92 Å². The average Bonchev–Trinajstić information content (AvgIpc) is 2.56. The van der Waals surface area contributed by atoms with E-state index in [2.05, 4.69) is 99.2 Å². The Morgan fingerprint density at radius 2 is 1.57 bits per heavy atom. The second-order valence-electron chi connectivity index (χ2n) is 6.51. The van der Waals surface area contributed by atoms with Gasteiger partial charge < -0.3 is 0 Å². The maximum atomic E-state index is 2.31. The second-order valence-corrected chi connectivity index (χ2v) is 6.51. The number of aryl methyl sites for hydroxylation is 2. The molecule has 1 heteroatoms. The molecule has 0 spiro atoms. The SMILES string of the molecule is Cc1ccccc1-c1cc(-c2cccc(C(C)C)c2)cc[n+]1C. The van der Waals surface area contributed by atoms with E-state index in [1.54, 1.807) is 0 Å². The van der Waals surface area contributed by atoms with Crippen molar-refractivity contribution in [2.45, 2.75) is 26.7 Å². The van der Waals surface area contributed by atoms with Crippen LogP contribution in [-0.2, 0) is 7.05 Å². The molecule has 1 aromatic heterocycles. The highest BCUT2D eigenvalue weighted by molar-refractivity contribution is 5.70. The summed E-state index contributed by atoms with van der Waals surface area (Å²) in [5.74, 6) is 0.547. The van der Waals surface area contributed by atoms with Crippen molar-refractivity contribution in [2.24, 2.45) is 7.05 Å². The van der Waals surface area contributed by atoms with E-state index in [0.29, 0.717) is 5.92 Å². The molecule has 0 amide bonds. The van der Waals surface area contributed by atoms with Gasteiger partial charge in [-0.05, 0) is 41.2 Å². The first-order chi connectivity index (χ1) is 11.1. The number of hydrogen-bond acceptors (Lipinski definition) is 0. The number of rotatable bonds is 3. The fraction of sp³-hybridized carbons (Fsp3) is 0.227. The maximum absolute atomic E-state index is 2.31. The smallest absolute Gasteiger partial charge is 0.201 e. The Labute approximate surface area is 139 Å². The third-order valence-electron chi connectivity index (χ3n) is 4.46. The minimum absolute atomic E-state index is 0.547. The molecular formula is C22H24N+. The molecule has 0 bridgehead atoms. The molecule has 3 aromatic rings. The van der Waals surface area contributed by atoms with Crippen LogP contribution in [0.15, 0.2) is 66.9 Å². The number of pyridine rings is 1. The molecule has 0 aliphatic heterocycles. The van der Waals surface area contributed by atoms with E-state index in [0.717, 1.165) is 0 Å². The highest BCUT2D eigenvalue weighted by Crippen LogP contribution is 2.27. The zero-order chi connectivity index (χ0) is 16.4. The Hall–Kier alpha value is -2.41. The monoisotopic (exact) mass is 302 g/mol. The Morgan fingerprint density at radius 1 is 0.826 bits per heavy atom. The summed E-state index contributed by atoms with van der Waals surface area (Å²) >= 11 is 0. The minimum Gasteiger partial charge on any atom is -0.201 e. The van der Waals surface area contributed by atoms with Gasteiger partial charge in [0.25, 0.3) is 0 Å². The molecule has 1 heterocycles. The van der Waals surface area contributed by atoms with E-state index in [4.69, 9.17) is 0 Å². The van der Waals surface area contributed by atoms with Crippen LogP contribution in [0.3, 0.4) is 0 Å². The molecular weight excluding hydrogens is 278 g/mol. The van der Waals surface area contributed by atoms with Gasteiger partial charge in [-0.15, -0.1) is 0 Å². The lowest BCUT2D eigenvalue weighted by molar-refractivity contribution is -0.660. The molecule has 2 aromatic carbocycles. The summed E-state index contributed by atoms with van der Waals surface area (Å²) in [4.78, 5) is 0. The lowest BCUT2D eigenvalue weighted by Gasteiger charge is -2.10. The second kappa shape index (κ2) is 6.37. The van der Waals surface area contributed by atoms with Gasteiger partial charge >= 0.3 is 0 Å². The summed E-state index contributed by atoms with van der Waals surface area (Å²) in [6, 6.07) is 21.9. The van der Waals surface area contributed by atoms with E-state index in [9.17, 15) is 0 Å². The van der Waals surface area contributed by atoms with Crippen LogP contribution in [0.25, 0.3) is 22.4 Å². The molecule has 0 N–H and O–H groups in total. The van der Waals surface area contributed by atoms with Gasteiger partial charge in [-0.3, -0.25) is 0 Å². The fourth-order valence-electron chi connectivity index (χ4n) is 2.95. The van der Waals surface area contributed by atoms with Gasteiger partial charge in [-0.1, -0.05) is 56.3 Å². The molecule has 0 aliphatic carbocycles. The molecule has 0 unspecified atom stereocenters. The summed E-state index contributed by atoms with van der Waals surface area (Å²) in [6.45, 7) is 6.65. The first-order valence-corrected chi connectivity index (χ1v) is 8.22. The van der Waals surface area contributed by atoms with Crippen LogP contribution < -0.4 is 4.57 Å². The molecule has 0 atom stereocenters. The zero-order valence-electron chi connectivity index (χ0n) is 14.4. The van der Waals surface area contributed by atoms with Crippen LogP contribution in [0.5, 0.6) is 0 Å². The van der Waals surface area contributed by atoms with Crippen molar-refractivity contribution in [3.05, 3.63) is 78.0 Å². The number of benzene rings is 2. The van der Waals surface area contributed by atoms with Crippen molar-refractivity contribution in [3.63, 3.8) is 0 Å². The Morgan fingerprint density at radius 3 is 2.30 bits per heavy atom. The lowest BCUT2D eigenvalue weighted by atomic mass is 9.96. The summed E-state index contributed by atoms with van der Waals surface area (Å²) < 4.78 is 2.19. The predicted molar refractivity (Wildman–Crippen MR) is 97.3 cm³/mol. The van der Waals surface area contributed by atoms with Gasteiger partial charge in [0.1, 0.15) is 7.05 Å². The van der Waals surface area contributed by atoms with Gasteiger partial charge in [0.2, 0.25) is 5.69 Å². The van der Waals surface area contributed by atoms with Crippen LogP contribution in [0.1, 0.15) is 30.9 Å². The topological polar surface area (TPSA) is 3.88 Å². The van der Waals surface area contributed by atoms with E-state index >= 15 is 0 Å². The maximum Gasteiger partial charge on any atom is 0.213 e. The van der Waals surface area contributed by atoms with Crippen LogP contribution in [0.2, 0.25) is 0 Å². The quantitative estimate of drug-likeness (QED) is 0.580. The summed E-state index contributed by atoms with van der Waals surface area (Å²) in [6.07, 6.45) is 2.15. The highest BCUT2D eigenvalue weighted by Gasteiger charge is 2.14. The standard InChI is InChI=1S/C22H24N/c1-16(2)18-9-7-10-19(14-18)20-12-13-23(4)22(15-20)21-11-6-5-8-17(21)3/h5-16H,1-4H3/q+1. The van der Waals surface area contributed by atoms with Crippen LogP contribution >= 0.6 is 0 Å². The molecule has 116 valence electrons. The molecule has 0 saturated carbocycles. The van der Waals surface area contributed by atoms with Crippen molar-refractivity contribution >= 4 is 0 Å². The molecule has 0 aliphatic rings. The van der Waals surface area contributed by atoms with E-state index in [1.807, 2.05) is 0 Å². The average molecular weight is 302 g/mol. The summed E-state index contributed by atoms with van der Waals surface area (Å²) in [5, 5.41) is 0. The Balaban J connectivity index is 2.11. The number of hydrogen-bond donors (Lipinski definition) is 0. The van der Waals surface area contributed by atoms with Crippen molar-refractivity contribution in [1.29, 1.82) is 0 Å². The third-order valence-corrected chi connectivity index (χ3v) is 4.46. The molecule has 0 radical (unpaired) electrons. The normalized spacial score (nSPS) is 11.0. The molecule has 0 saturated heterocycles. The molecule has 1 nitrogen and oxygen atoms in total. The van der Waals surface area contributed by atoms with Crippen molar-refractivity contribution in [1.82, 2.24) is 0 Å². The van der Waals surface area contributed by atoms with Crippen molar-refractivity contribution < 1.29 is 4.57 Å². The van der Waals surface area contributed by atoms with E-state index in [-0.39, 0.29) is 0 Å². The predicted octanol–water partition coefficient (Wildman–Crippen LogP) is 5.28. The van der Waals surface area contributed by atoms with Crippen LogP contribution in [-0.4, -0.2) is 0 Å². The first-order valence-electron chi connectivity index (χ1n) is 8.22. The van der Waals surface area contributed by atoms with E-state index in [1.165, 1.54) is 33.5 Å². The molecule has 23 heavy (non-hydrogen) atoms. The van der Waals surface area contributed by atoms with Gasteiger partial charge in [0.15, 0.2) is 6.20 Å². The number of aromatic nitrogens is 1. The van der Waals surface area contributed by atoms with Crippen molar-refractivity contribution in [2.75, 3.05) is 0 Å². The van der Waals surface area contributed by atoms with Gasteiger partial charge in [-0.2, -0.15) is 0 Å².